The largest absolute Gasteiger partial charge is 0.496 e. The molecule has 2 aromatic carbocycles. The summed E-state index contributed by atoms with van der Waals surface area (Å²) < 4.78 is 20.8. The van der Waals surface area contributed by atoms with Crippen LogP contribution in [0, 0.1) is 0 Å². The number of amides is 1. The average molecular weight is 392 g/mol. The van der Waals surface area contributed by atoms with Crippen molar-refractivity contribution in [2.24, 2.45) is 0 Å². The van der Waals surface area contributed by atoms with E-state index in [1.54, 1.807) is 24.3 Å². The Hall–Kier alpha value is -2.93. The van der Waals surface area contributed by atoms with Gasteiger partial charge in [0.2, 0.25) is 6.79 Å². The first-order valence-electron chi connectivity index (χ1n) is 8.17. The van der Waals surface area contributed by atoms with Crippen molar-refractivity contribution < 1.29 is 28.5 Å². The predicted octanol–water partition coefficient (Wildman–Crippen LogP) is 3.11. The summed E-state index contributed by atoms with van der Waals surface area (Å²) in [4.78, 5) is 24.3. The number of esters is 1. The molecule has 7 nitrogen and oxygen atoms in total. The van der Waals surface area contributed by atoms with Gasteiger partial charge in [-0.05, 0) is 42.8 Å². The van der Waals surface area contributed by atoms with E-state index in [9.17, 15) is 9.59 Å². The van der Waals surface area contributed by atoms with Gasteiger partial charge in [0, 0.05) is 5.02 Å². The molecule has 0 fully saturated rings. The topological polar surface area (TPSA) is 83.1 Å². The molecule has 2 aromatic rings. The summed E-state index contributed by atoms with van der Waals surface area (Å²) in [5.41, 5.74) is 0.997. The molecule has 0 bridgehead atoms. The Morgan fingerprint density at radius 3 is 2.74 bits per heavy atom. The molecule has 1 amide bonds. The third-order valence-corrected chi connectivity index (χ3v) is 4.23. The van der Waals surface area contributed by atoms with Gasteiger partial charge in [-0.2, -0.15) is 0 Å². The average Bonchev–Trinajstić information content (AvgIpc) is 3.13. The van der Waals surface area contributed by atoms with Crippen LogP contribution in [0.2, 0.25) is 5.02 Å². The summed E-state index contributed by atoms with van der Waals surface area (Å²) in [6, 6.07) is 9.70. The molecule has 1 atom stereocenters. The molecule has 1 aliphatic heterocycles. The van der Waals surface area contributed by atoms with Gasteiger partial charge in [-0.25, -0.2) is 4.79 Å². The highest BCUT2D eigenvalue weighted by atomic mass is 35.5. The van der Waals surface area contributed by atoms with Crippen molar-refractivity contribution in [3.8, 4) is 17.2 Å². The van der Waals surface area contributed by atoms with E-state index in [1.807, 2.05) is 13.0 Å². The molecule has 27 heavy (non-hydrogen) atoms. The normalized spacial score (nSPS) is 13.0. The van der Waals surface area contributed by atoms with Gasteiger partial charge in [0.15, 0.2) is 18.1 Å². The Labute approximate surface area is 161 Å². The number of benzene rings is 2. The van der Waals surface area contributed by atoms with E-state index < -0.39 is 18.5 Å². The molecule has 3 rings (SSSR count). The van der Waals surface area contributed by atoms with Gasteiger partial charge in [0.05, 0.1) is 13.2 Å². The molecule has 0 aromatic heterocycles. The second-order valence-electron chi connectivity index (χ2n) is 5.82. The standard InChI is InChI=1S/C19H18ClNO6/c1-11(12-3-5-16-17(7-12)27-10-26-16)21-18(22)9-25-19(23)14-8-13(20)4-6-15(14)24-2/h3-8,11H,9-10H2,1-2H3,(H,21,22). The second kappa shape index (κ2) is 8.18. The summed E-state index contributed by atoms with van der Waals surface area (Å²) in [6.45, 7) is 1.57. The number of carbonyl (C=O) groups excluding carboxylic acids is 2. The number of hydrogen-bond acceptors (Lipinski definition) is 6. The quantitative estimate of drug-likeness (QED) is 0.762. The molecule has 142 valence electrons. The second-order valence-corrected chi connectivity index (χ2v) is 6.26. The molecule has 0 saturated carbocycles. The molecule has 0 aliphatic carbocycles. The molecule has 1 aliphatic rings. The first-order valence-corrected chi connectivity index (χ1v) is 8.55. The third kappa shape index (κ3) is 4.43. The van der Waals surface area contributed by atoms with Crippen molar-refractivity contribution >= 4 is 23.5 Å². The van der Waals surface area contributed by atoms with Gasteiger partial charge < -0.3 is 24.3 Å². The number of carbonyl (C=O) groups is 2. The number of ether oxygens (including phenoxy) is 4. The van der Waals surface area contributed by atoms with E-state index in [0.717, 1.165) is 5.56 Å². The number of rotatable bonds is 6. The summed E-state index contributed by atoms with van der Waals surface area (Å²) >= 11 is 5.90. The minimum atomic E-state index is -0.694. The van der Waals surface area contributed by atoms with E-state index in [0.29, 0.717) is 22.3 Å². The maximum absolute atomic E-state index is 12.2. The summed E-state index contributed by atoms with van der Waals surface area (Å²) in [5.74, 6) is 0.489. The SMILES string of the molecule is COc1ccc(Cl)cc1C(=O)OCC(=O)NC(C)c1ccc2c(c1)OCO2. The summed E-state index contributed by atoms with van der Waals surface area (Å²) in [7, 11) is 1.43. The fourth-order valence-corrected chi connectivity index (χ4v) is 2.77. The van der Waals surface area contributed by atoms with Crippen LogP contribution >= 0.6 is 11.6 Å². The van der Waals surface area contributed by atoms with Gasteiger partial charge in [0.1, 0.15) is 11.3 Å². The van der Waals surface area contributed by atoms with Crippen molar-refractivity contribution in [3.05, 3.63) is 52.5 Å². The van der Waals surface area contributed by atoms with Gasteiger partial charge in [-0.15, -0.1) is 0 Å². The zero-order valence-corrected chi connectivity index (χ0v) is 15.5. The van der Waals surface area contributed by atoms with Crippen molar-refractivity contribution in [2.75, 3.05) is 20.5 Å². The van der Waals surface area contributed by atoms with Crippen LogP contribution in [0.15, 0.2) is 36.4 Å². The number of fused-ring (bicyclic) bond motifs is 1. The molecular weight excluding hydrogens is 374 g/mol. The van der Waals surface area contributed by atoms with Crippen LogP contribution in [-0.2, 0) is 9.53 Å². The maximum Gasteiger partial charge on any atom is 0.342 e. The lowest BCUT2D eigenvalue weighted by Crippen LogP contribution is -2.31. The van der Waals surface area contributed by atoms with E-state index in [4.69, 9.17) is 30.5 Å². The number of hydrogen-bond donors (Lipinski definition) is 1. The fraction of sp³-hybridized carbons (Fsp3) is 0.263. The fourth-order valence-electron chi connectivity index (χ4n) is 2.60. The lowest BCUT2D eigenvalue weighted by Gasteiger charge is -2.15. The van der Waals surface area contributed by atoms with Crippen LogP contribution in [0.3, 0.4) is 0 Å². The monoisotopic (exact) mass is 391 g/mol. The number of nitrogens with one attached hydrogen (secondary N) is 1. The maximum atomic E-state index is 12.2. The minimum absolute atomic E-state index is 0.154. The highest BCUT2D eigenvalue weighted by Crippen LogP contribution is 2.34. The Morgan fingerprint density at radius 2 is 1.96 bits per heavy atom. The Balaban J connectivity index is 1.56. The van der Waals surface area contributed by atoms with Crippen molar-refractivity contribution in [1.29, 1.82) is 0 Å². The van der Waals surface area contributed by atoms with E-state index in [-0.39, 0.29) is 18.4 Å². The summed E-state index contributed by atoms with van der Waals surface area (Å²) in [5, 5.41) is 3.13. The van der Waals surface area contributed by atoms with E-state index >= 15 is 0 Å². The van der Waals surface area contributed by atoms with Crippen LogP contribution in [0.1, 0.15) is 28.9 Å². The van der Waals surface area contributed by atoms with Crippen molar-refractivity contribution in [1.82, 2.24) is 5.32 Å². The molecule has 1 unspecified atom stereocenters. The van der Waals surface area contributed by atoms with Crippen LogP contribution in [-0.4, -0.2) is 32.4 Å². The van der Waals surface area contributed by atoms with Crippen LogP contribution in [0.4, 0.5) is 0 Å². The van der Waals surface area contributed by atoms with Gasteiger partial charge >= 0.3 is 5.97 Å². The predicted molar refractivity (Wildman–Crippen MR) is 97.4 cm³/mol. The molecule has 0 radical (unpaired) electrons. The first-order chi connectivity index (χ1) is 13.0. The first kappa shape index (κ1) is 18.8. The highest BCUT2D eigenvalue weighted by molar-refractivity contribution is 6.31. The molecular formula is C19H18ClNO6. The Morgan fingerprint density at radius 1 is 1.19 bits per heavy atom. The zero-order valence-electron chi connectivity index (χ0n) is 14.8. The van der Waals surface area contributed by atoms with Gasteiger partial charge in [0.25, 0.3) is 5.91 Å². The smallest absolute Gasteiger partial charge is 0.342 e. The Bertz CT molecular complexity index is 869. The lowest BCUT2D eigenvalue weighted by molar-refractivity contribution is -0.124. The molecule has 0 saturated heterocycles. The zero-order chi connectivity index (χ0) is 19.4. The molecule has 1 N–H and O–H groups in total. The van der Waals surface area contributed by atoms with Crippen LogP contribution in [0.5, 0.6) is 17.2 Å². The van der Waals surface area contributed by atoms with Crippen molar-refractivity contribution in [2.45, 2.75) is 13.0 Å². The van der Waals surface area contributed by atoms with Gasteiger partial charge in [-0.1, -0.05) is 17.7 Å². The minimum Gasteiger partial charge on any atom is -0.496 e. The number of halogens is 1. The highest BCUT2D eigenvalue weighted by Gasteiger charge is 2.19. The van der Waals surface area contributed by atoms with E-state index in [2.05, 4.69) is 5.32 Å². The van der Waals surface area contributed by atoms with E-state index in [1.165, 1.54) is 13.2 Å². The van der Waals surface area contributed by atoms with Crippen molar-refractivity contribution in [3.63, 3.8) is 0 Å². The number of methoxy groups -OCH3 is 1. The van der Waals surface area contributed by atoms with Gasteiger partial charge in [-0.3, -0.25) is 4.79 Å². The summed E-state index contributed by atoms with van der Waals surface area (Å²) in [6.07, 6.45) is 0. The van der Waals surface area contributed by atoms with Crippen LogP contribution in [0.25, 0.3) is 0 Å². The third-order valence-electron chi connectivity index (χ3n) is 3.99. The molecule has 0 spiro atoms. The molecule has 1 heterocycles. The van der Waals surface area contributed by atoms with Crippen LogP contribution < -0.4 is 19.5 Å². The Kier molecular flexibility index (Phi) is 5.71. The lowest BCUT2D eigenvalue weighted by atomic mass is 10.1. The molecule has 8 heteroatoms.